The maximum Gasteiger partial charge on any atom is 0.525 e. The van der Waals surface area contributed by atoms with Gasteiger partial charge in [0, 0.05) is 13.3 Å². The van der Waals surface area contributed by atoms with Crippen molar-refractivity contribution in [3.63, 3.8) is 0 Å². The van der Waals surface area contributed by atoms with Crippen LogP contribution in [0.2, 0.25) is 0 Å². The fraction of sp³-hybridized carbons (Fsp3) is 1.00. The summed E-state index contributed by atoms with van der Waals surface area (Å²) in [4.78, 5) is 0. The lowest BCUT2D eigenvalue weighted by molar-refractivity contribution is -0.452. The van der Waals surface area contributed by atoms with Gasteiger partial charge in [-0.1, -0.05) is 6.92 Å². The summed E-state index contributed by atoms with van der Waals surface area (Å²) in [6.45, 7) is 0.246. The third-order valence-electron chi connectivity index (χ3n) is 2.97. The second-order valence-electron chi connectivity index (χ2n) is 4.82. The summed E-state index contributed by atoms with van der Waals surface area (Å²) in [7, 11) is 0. The van der Waals surface area contributed by atoms with Crippen LogP contribution in [0.5, 0.6) is 0 Å². The summed E-state index contributed by atoms with van der Waals surface area (Å²) in [6.07, 6.45) is -15.2. The van der Waals surface area contributed by atoms with Gasteiger partial charge in [0.15, 0.2) is 0 Å². The molecule has 0 aromatic rings. The highest BCUT2D eigenvalue weighted by Crippen LogP contribution is 2.56. The van der Waals surface area contributed by atoms with E-state index in [0.717, 1.165) is 0 Å². The van der Waals surface area contributed by atoms with E-state index in [0.29, 0.717) is 6.92 Å². The molecule has 2 unspecified atom stereocenters. The maximum atomic E-state index is 14.4. The third-order valence-corrected chi connectivity index (χ3v) is 2.97. The summed E-state index contributed by atoms with van der Waals surface area (Å²) in [6, 6.07) is 0. The SMILES string of the molecule is CCC1(OC(F)(F)F)OC(F)(F)OC1(F)CC(F)(F)C(C)(F)F. The van der Waals surface area contributed by atoms with E-state index < -0.39 is 49.0 Å². The Morgan fingerprint density at radius 1 is 0.913 bits per heavy atom. The van der Waals surface area contributed by atoms with E-state index in [2.05, 4.69) is 14.2 Å². The molecule has 0 bridgehead atoms. The summed E-state index contributed by atoms with van der Waals surface area (Å²) in [5.74, 6) is -19.1. The van der Waals surface area contributed by atoms with Gasteiger partial charge in [-0.2, -0.15) is 8.78 Å². The predicted octanol–water partition coefficient (Wildman–Crippen LogP) is 4.57. The van der Waals surface area contributed by atoms with Gasteiger partial charge in [-0.05, 0) is 0 Å². The van der Waals surface area contributed by atoms with Crippen molar-refractivity contribution in [2.45, 2.75) is 62.8 Å². The van der Waals surface area contributed by atoms with Crippen LogP contribution in [0.25, 0.3) is 0 Å². The Balaban J connectivity index is 3.32. The number of hydrogen-bond acceptors (Lipinski definition) is 3. The van der Waals surface area contributed by atoms with E-state index >= 15 is 0 Å². The Kier molecular flexibility index (Phi) is 4.70. The van der Waals surface area contributed by atoms with E-state index in [9.17, 15) is 43.9 Å². The van der Waals surface area contributed by atoms with Crippen molar-refractivity contribution in [2.75, 3.05) is 0 Å². The highest BCUT2D eigenvalue weighted by atomic mass is 19.4. The quantitative estimate of drug-likeness (QED) is 0.666. The molecule has 0 aromatic heterocycles. The van der Waals surface area contributed by atoms with Gasteiger partial charge in [0.25, 0.3) is 5.85 Å². The molecule has 3 nitrogen and oxygen atoms in total. The third kappa shape index (κ3) is 3.99. The molecule has 23 heavy (non-hydrogen) atoms. The van der Waals surface area contributed by atoms with Crippen LogP contribution < -0.4 is 0 Å². The number of hydrogen-bond donors (Lipinski definition) is 0. The van der Waals surface area contributed by atoms with Crippen LogP contribution in [-0.4, -0.2) is 36.1 Å². The Morgan fingerprint density at radius 3 is 1.74 bits per heavy atom. The second kappa shape index (κ2) is 5.34. The summed E-state index contributed by atoms with van der Waals surface area (Å²) in [5.41, 5.74) is 0. The van der Waals surface area contributed by atoms with Gasteiger partial charge in [-0.3, -0.25) is 14.2 Å². The van der Waals surface area contributed by atoms with Crippen LogP contribution in [0.15, 0.2) is 0 Å². The van der Waals surface area contributed by atoms with Crippen molar-refractivity contribution in [3.05, 3.63) is 0 Å². The number of rotatable bonds is 5. The molecule has 0 radical (unpaired) electrons. The normalized spacial score (nSPS) is 32.3. The van der Waals surface area contributed by atoms with E-state index in [-0.39, 0.29) is 6.92 Å². The Labute approximate surface area is 122 Å². The zero-order valence-electron chi connectivity index (χ0n) is 11.4. The standard InChI is InChI=1S/C10H10F10O3/c1-3-8(22-9(16,17)18)7(15,21-10(19,20)23-8)4-6(13,14)5(2,11)12/h3-4H2,1-2H3. The average Bonchev–Trinajstić information content (AvgIpc) is 2.39. The lowest BCUT2D eigenvalue weighted by Gasteiger charge is -2.37. The molecule has 138 valence electrons. The fourth-order valence-corrected chi connectivity index (χ4v) is 1.86. The van der Waals surface area contributed by atoms with E-state index in [1.54, 1.807) is 0 Å². The molecule has 0 amide bonds. The topological polar surface area (TPSA) is 27.7 Å². The van der Waals surface area contributed by atoms with Crippen LogP contribution >= 0.6 is 0 Å². The Hall–Kier alpha value is -0.820. The van der Waals surface area contributed by atoms with E-state index in [1.807, 2.05) is 0 Å². The average molecular weight is 368 g/mol. The smallest absolute Gasteiger partial charge is 0.256 e. The maximum absolute atomic E-state index is 14.4. The van der Waals surface area contributed by atoms with Crippen molar-refractivity contribution in [1.29, 1.82) is 0 Å². The number of halogens is 10. The largest absolute Gasteiger partial charge is 0.525 e. The summed E-state index contributed by atoms with van der Waals surface area (Å²) < 4.78 is 139. The molecule has 1 saturated heterocycles. The number of alkyl halides is 10. The van der Waals surface area contributed by atoms with Gasteiger partial charge in [0.1, 0.15) is 0 Å². The molecule has 1 aliphatic heterocycles. The minimum Gasteiger partial charge on any atom is -0.256 e. The lowest BCUT2D eigenvalue weighted by atomic mass is 9.95. The fourth-order valence-electron chi connectivity index (χ4n) is 1.86. The first-order valence-electron chi connectivity index (χ1n) is 5.88. The molecule has 2 atom stereocenters. The Bertz CT molecular complexity index is 445. The molecule has 0 aliphatic carbocycles. The minimum absolute atomic E-state index is 0.372. The molecule has 0 saturated carbocycles. The molecule has 1 rings (SSSR count). The molecule has 0 N–H and O–H groups in total. The first-order valence-corrected chi connectivity index (χ1v) is 5.88. The van der Waals surface area contributed by atoms with Crippen molar-refractivity contribution in [1.82, 2.24) is 0 Å². The van der Waals surface area contributed by atoms with Gasteiger partial charge in [0.05, 0.1) is 6.42 Å². The first kappa shape index (κ1) is 20.2. The molecule has 1 fully saturated rings. The molecule has 0 spiro atoms. The molecule has 0 aromatic carbocycles. The van der Waals surface area contributed by atoms with Crippen molar-refractivity contribution < 1.29 is 58.1 Å². The van der Waals surface area contributed by atoms with E-state index in [4.69, 9.17) is 0 Å². The van der Waals surface area contributed by atoms with Crippen LogP contribution in [0.4, 0.5) is 43.9 Å². The van der Waals surface area contributed by atoms with Crippen molar-refractivity contribution >= 4 is 0 Å². The van der Waals surface area contributed by atoms with E-state index in [1.165, 1.54) is 0 Å². The highest BCUT2D eigenvalue weighted by molar-refractivity contribution is 4.98. The van der Waals surface area contributed by atoms with Gasteiger partial charge in [-0.15, -0.1) is 22.0 Å². The minimum atomic E-state index is -5.80. The predicted molar refractivity (Wildman–Crippen MR) is 51.3 cm³/mol. The Morgan fingerprint density at radius 2 is 1.39 bits per heavy atom. The van der Waals surface area contributed by atoms with Crippen LogP contribution in [0.3, 0.4) is 0 Å². The van der Waals surface area contributed by atoms with Gasteiger partial charge in [0.2, 0.25) is 5.79 Å². The molecular weight excluding hydrogens is 358 g/mol. The van der Waals surface area contributed by atoms with Crippen LogP contribution in [0.1, 0.15) is 26.7 Å². The molecule has 13 heteroatoms. The molecule has 1 heterocycles. The van der Waals surface area contributed by atoms with Gasteiger partial charge in [-0.25, -0.2) is 13.2 Å². The molecular formula is C10H10F10O3. The summed E-state index contributed by atoms with van der Waals surface area (Å²) >= 11 is 0. The van der Waals surface area contributed by atoms with Gasteiger partial charge < -0.3 is 0 Å². The number of ether oxygens (including phenoxy) is 3. The first-order chi connectivity index (χ1) is 9.89. The second-order valence-corrected chi connectivity index (χ2v) is 4.82. The zero-order chi connectivity index (χ0) is 18.5. The van der Waals surface area contributed by atoms with Crippen LogP contribution in [0, 0.1) is 0 Å². The lowest BCUT2D eigenvalue weighted by Crippen LogP contribution is -2.57. The van der Waals surface area contributed by atoms with Gasteiger partial charge >= 0.3 is 24.5 Å². The van der Waals surface area contributed by atoms with Crippen LogP contribution in [-0.2, 0) is 14.2 Å². The van der Waals surface area contributed by atoms with Crippen molar-refractivity contribution in [2.24, 2.45) is 0 Å². The zero-order valence-corrected chi connectivity index (χ0v) is 11.4. The highest BCUT2D eigenvalue weighted by Gasteiger charge is 2.76. The van der Waals surface area contributed by atoms with Crippen molar-refractivity contribution in [3.8, 4) is 0 Å². The monoisotopic (exact) mass is 368 g/mol. The summed E-state index contributed by atoms with van der Waals surface area (Å²) in [5, 5.41) is 0. The molecule has 1 aliphatic rings.